The second-order valence-corrected chi connectivity index (χ2v) is 4.47. The minimum Gasteiger partial charge on any atom is -0.350 e. The molecule has 3 aromatic rings. The number of hydrogen-bond acceptors (Lipinski definition) is 2. The van der Waals surface area contributed by atoms with Crippen LogP contribution in [0, 0.1) is 0 Å². The zero-order chi connectivity index (χ0) is 12.5. The van der Waals surface area contributed by atoms with E-state index in [2.05, 4.69) is 52.3 Å². The van der Waals surface area contributed by atoms with Crippen molar-refractivity contribution in [2.24, 2.45) is 12.8 Å². The molecule has 4 nitrogen and oxygen atoms in total. The van der Waals surface area contributed by atoms with E-state index in [1.165, 1.54) is 16.5 Å². The first kappa shape index (κ1) is 11.0. The second kappa shape index (κ2) is 4.31. The van der Waals surface area contributed by atoms with E-state index in [9.17, 15) is 0 Å². The van der Waals surface area contributed by atoms with Gasteiger partial charge in [0.15, 0.2) is 0 Å². The highest BCUT2D eigenvalue weighted by atomic mass is 15.1. The Kier molecular flexibility index (Phi) is 2.64. The van der Waals surface area contributed by atoms with Crippen molar-refractivity contribution in [2.75, 3.05) is 6.54 Å². The maximum absolute atomic E-state index is 5.63. The Labute approximate surface area is 105 Å². The molecule has 92 valence electrons. The lowest BCUT2D eigenvalue weighted by Gasteiger charge is -2.00. The Hall–Kier alpha value is -2.07. The lowest BCUT2D eigenvalue weighted by atomic mass is 10.0. The maximum Gasteiger partial charge on any atom is 0.0569 e. The van der Waals surface area contributed by atoms with Gasteiger partial charge in [0.05, 0.1) is 6.20 Å². The Bertz CT molecular complexity index is 678. The fourth-order valence-corrected chi connectivity index (χ4v) is 2.44. The van der Waals surface area contributed by atoms with E-state index in [-0.39, 0.29) is 0 Å². The molecule has 18 heavy (non-hydrogen) atoms. The first-order chi connectivity index (χ1) is 8.81. The molecule has 0 radical (unpaired) electrons. The molecule has 0 aliphatic heterocycles. The third kappa shape index (κ3) is 1.62. The van der Waals surface area contributed by atoms with Crippen molar-refractivity contribution >= 4 is 10.9 Å². The molecule has 0 amide bonds. The monoisotopic (exact) mass is 240 g/mol. The number of H-pyrrole nitrogens is 1. The fourth-order valence-electron chi connectivity index (χ4n) is 2.44. The van der Waals surface area contributed by atoms with Gasteiger partial charge < -0.3 is 10.3 Å². The van der Waals surface area contributed by atoms with Crippen molar-refractivity contribution in [3.63, 3.8) is 0 Å². The number of para-hydroxylation sites is 1. The molecular weight excluding hydrogens is 224 g/mol. The molecule has 2 heterocycles. The molecule has 0 unspecified atom stereocenters. The molecule has 1 aromatic carbocycles. The summed E-state index contributed by atoms with van der Waals surface area (Å²) in [7, 11) is 2.06. The molecule has 0 atom stereocenters. The number of aryl methyl sites for hydroxylation is 1. The van der Waals surface area contributed by atoms with Crippen LogP contribution >= 0.6 is 0 Å². The van der Waals surface area contributed by atoms with Crippen LogP contribution < -0.4 is 5.73 Å². The normalized spacial score (nSPS) is 11.2. The molecule has 3 rings (SSSR count). The molecular formula is C14H16N4. The topological polar surface area (TPSA) is 59.6 Å². The third-order valence-electron chi connectivity index (χ3n) is 3.30. The molecule has 0 bridgehead atoms. The van der Waals surface area contributed by atoms with Gasteiger partial charge in [0.1, 0.15) is 0 Å². The summed E-state index contributed by atoms with van der Waals surface area (Å²) in [6.07, 6.45) is 4.85. The van der Waals surface area contributed by atoms with E-state index in [4.69, 9.17) is 5.73 Å². The van der Waals surface area contributed by atoms with Crippen molar-refractivity contribution in [1.29, 1.82) is 0 Å². The van der Waals surface area contributed by atoms with Gasteiger partial charge in [-0.2, -0.15) is 5.10 Å². The molecule has 0 aliphatic carbocycles. The van der Waals surface area contributed by atoms with E-state index in [0.717, 1.165) is 17.7 Å². The van der Waals surface area contributed by atoms with Crippen LogP contribution in [0.25, 0.3) is 22.0 Å². The number of aromatic amines is 1. The Morgan fingerprint density at radius 1 is 1.28 bits per heavy atom. The van der Waals surface area contributed by atoms with Crippen molar-refractivity contribution in [3.8, 4) is 11.1 Å². The number of nitrogens with zero attached hydrogens (tertiary/aromatic N) is 2. The number of benzene rings is 1. The molecule has 0 fully saturated rings. The van der Waals surface area contributed by atoms with Crippen molar-refractivity contribution in [3.05, 3.63) is 42.4 Å². The first-order valence-electron chi connectivity index (χ1n) is 6.08. The van der Waals surface area contributed by atoms with Crippen molar-refractivity contribution in [1.82, 2.24) is 14.8 Å². The van der Waals surface area contributed by atoms with Crippen LogP contribution in [0.2, 0.25) is 0 Å². The Morgan fingerprint density at radius 2 is 2.11 bits per heavy atom. The Balaban J connectivity index is 2.22. The lowest BCUT2D eigenvalue weighted by Crippen LogP contribution is -2.03. The summed E-state index contributed by atoms with van der Waals surface area (Å²) in [5.74, 6) is 0. The zero-order valence-corrected chi connectivity index (χ0v) is 10.4. The first-order valence-corrected chi connectivity index (χ1v) is 6.08. The smallest absolute Gasteiger partial charge is 0.0569 e. The molecule has 4 heteroatoms. The lowest BCUT2D eigenvalue weighted by molar-refractivity contribution is 0.902. The second-order valence-electron chi connectivity index (χ2n) is 4.47. The van der Waals surface area contributed by atoms with Crippen LogP contribution in [0.5, 0.6) is 0 Å². The van der Waals surface area contributed by atoms with Gasteiger partial charge in [-0.1, -0.05) is 18.2 Å². The van der Waals surface area contributed by atoms with Crippen molar-refractivity contribution < 1.29 is 0 Å². The standard InChI is InChI=1S/C14H16N4/c1-18-9-12(10-4-2-3-5-14(10)18)11-8-16-17-13(11)6-7-15/h2-5,8-9H,6-7,15H2,1H3,(H,16,17). The average Bonchev–Trinajstić information content (AvgIpc) is 2.96. The minimum absolute atomic E-state index is 0.625. The van der Waals surface area contributed by atoms with Crippen LogP contribution in [-0.4, -0.2) is 21.3 Å². The predicted octanol–water partition coefficient (Wildman–Crippen LogP) is 2.07. The number of nitrogens with two attached hydrogens (primary N) is 1. The summed E-state index contributed by atoms with van der Waals surface area (Å²) in [5.41, 5.74) is 10.3. The van der Waals surface area contributed by atoms with Gasteiger partial charge in [0.2, 0.25) is 0 Å². The van der Waals surface area contributed by atoms with E-state index in [1.54, 1.807) is 0 Å². The summed E-state index contributed by atoms with van der Waals surface area (Å²) in [6, 6.07) is 8.39. The van der Waals surface area contributed by atoms with Gasteiger partial charge in [-0.3, -0.25) is 5.10 Å². The molecule has 0 aliphatic rings. The molecule has 3 N–H and O–H groups in total. The predicted molar refractivity (Wildman–Crippen MR) is 73.3 cm³/mol. The van der Waals surface area contributed by atoms with Gasteiger partial charge in [-0.05, 0) is 12.6 Å². The van der Waals surface area contributed by atoms with Gasteiger partial charge in [-0.15, -0.1) is 0 Å². The minimum atomic E-state index is 0.625. The highest BCUT2D eigenvalue weighted by molar-refractivity contribution is 5.96. The summed E-state index contributed by atoms with van der Waals surface area (Å²) in [4.78, 5) is 0. The summed E-state index contributed by atoms with van der Waals surface area (Å²) in [6.45, 7) is 0.625. The molecule has 0 spiro atoms. The van der Waals surface area contributed by atoms with Crippen LogP contribution in [0.3, 0.4) is 0 Å². The number of rotatable bonds is 3. The fraction of sp³-hybridized carbons (Fsp3) is 0.214. The van der Waals surface area contributed by atoms with Gasteiger partial charge in [0.25, 0.3) is 0 Å². The van der Waals surface area contributed by atoms with Crippen LogP contribution in [0.1, 0.15) is 5.69 Å². The highest BCUT2D eigenvalue weighted by Crippen LogP contribution is 2.31. The van der Waals surface area contributed by atoms with Gasteiger partial charge in [0, 0.05) is 47.4 Å². The number of aromatic nitrogens is 3. The van der Waals surface area contributed by atoms with Gasteiger partial charge in [-0.25, -0.2) is 0 Å². The maximum atomic E-state index is 5.63. The number of hydrogen-bond donors (Lipinski definition) is 2. The quantitative estimate of drug-likeness (QED) is 0.736. The Morgan fingerprint density at radius 3 is 2.94 bits per heavy atom. The molecule has 2 aromatic heterocycles. The van der Waals surface area contributed by atoms with Crippen molar-refractivity contribution in [2.45, 2.75) is 6.42 Å². The van der Waals surface area contributed by atoms with E-state index < -0.39 is 0 Å². The van der Waals surface area contributed by atoms with E-state index in [0.29, 0.717) is 6.54 Å². The third-order valence-corrected chi connectivity index (χ3v) is 3.30. The average molecular weight is 240 g/mol. The van der Waals surface area contributed by atoms with Crippen LogP contribution in [-0.2, 0) is 13.5 Å². The van der Waals surface area contributed by atoms with Crippen LogP contribution in [0.4, 0.5) is 0 Å². The SMILES string of the molecule is Cn1cc(-c2cn[nH]c2CCN)c2ccccc21. The number of fused-ring (bicyclic) bond motifs is 1. The summed E-state index contributed by atoms with van der Waals surface area (Å²) >= 11 is 0. The molecule has 0 saturated carbocycles. The summed E-state index contributed by atoms with van der Waals surface area (Å²) in [5, 5.41) is 8.43. The largest absolute Gasteiger partial charge is 0.350 e. The van der Waals surface area contributed by atoms with Gasteiger partial charge >= 0.3 is 0 Å². The highest BCUT2D eigenvalue weighted by Gasteiger charge is 2.12. The number of nitrogens with one attached hydrogen (secondary N) is 1. The van der Waals surface area contributed by atoms with Crippen LogP contribution in [0.15, 0.2) is 36.7 Å². The van der Waals surface area contributed by atoms with E-state index >= 15 is 0 Å². The zero-order valence-electron chi connectivity index (χ0n) is 10.4. The summed E-state index contributed by atoms with van der Waals surface area (Å²) < 4.78 is 2.14. The van der Waals surface area contributed by atoms with E-state index in [1.807, 2.05) is 6.20 Å². The molecule has 0 saturated heterocycles.